The van der Waals surface area contributed by atoms with Crippen molar-refractivity contribution in [1.29, 1.82) is 0 Å². The van der Waals surface area contributed by atoms with E-state index in [2.05, 4.69) is 21.9 Å². The molecule has 1 amide bonds. The van der Waals surface area contributed by atoms with E-state index in [-0.39, 0.29) is 58.6 Å². The average Bonchev–Trinajstić information content (AvgIpc) is 3.50. The van der Waals surface area contributed by atoms with E-state index in [1.807, 2.05) is 62.7 Å². The molecule has 0 saturated carbocycles. The molecule has 0 N–H and O–H groups in total. The van der Waals surface area contributed by atoms with Gasteiger partial charge in [-0.05, 0) is 55.2 Å². The summed E-state index contributed by atoms with van der Waals surface area (Å²) in [6.45, 7) is 12.7. The molecule has 5 aromatic rings. The van der Waals surface area contributed by atoms with Crippen molar-refractivity contribution < 1.29 is 13.6 Å². The lowest BCUT2D eigenvalue weighted by atomic mass is 9.98. The molecule has 2 aromatic carbocycles. The fourth-order valence-corrected chi connectivity index (χ4v) is 7.07. The van der Waals surface area contributed by atoms with E-state index in [4.69, 9.17) is 4.98 Å². The summed E-state index contributed by atoms with van der Waals surface area (Å²) in [7, 11) is 1.90. The molecule has 1 saturated heterocycles. The molecule has 252 valence electrons. The average molecular weight is 666 g/mol. The molecule has 0 aliphatic carbocycles. The van der Waals surface area contributed by atoms with Crippen molar-refractivity contribution in [2.24, 2.45) is 0 Å². The maximum atomic E-state index is 16.6. The molecule has 7 rings (SSSR count). The highest BCUT2D eigenvalue weighted by atomic mass is 19.1. The number of anilines is 2. The van der Waals surface area contributed by atoms with Gasteiger partial charge in [0.05, 0.1) is 36.0 Å². The molecule has 2 aliphatic rings. The molecule has 0 spiro atoms. The fraction of sp³-hybridized carbons (Fsp3) is 0.333. The Morgan fingerprint density at radius 2 is 1.80 bits per heavy atom. The minimum absolute atomic E-state index is 0.0265. The number of rotatable bonds is 3. The van der Waals surface area contributed by atoms with Gasteiger partial charge in [-0.1, -0.05) is 49.9 Å². The fourth-order valence-electron chi connectivity index (χ4n) is 7.07. The highest BCUT2D eigenvalue weighted by Gasteiger charge is 2.34. The van der Waals surface area contributed by atoms with Crippen LogP contribution >= 0.6 is 0 Å². The van der Waals surface area contributed by atoms with E-state index < -0.39 is 17.3 Å². The van der Waals surface area contributed by atoms with Crippen molar-refractivity contribution in [3.05, 3.63) is 100 Å². The molecule has 4 bridgehead atoms. The van der Waals surface area contributed by atoms with E-state index in [1.54, 1.807) is 27.9 Å². The summed E-state index contributed by atoms with van der Waals surface area (Å²) in [5.41, 5.74) is 2.45. The molecule has 49 heavy (non-hydrogen) atoms. The molecular weight excluding hydrogens is 628 g/mol. The Balaban J connectivity index is 1.58. The molecule has 3 aromatic heterocycles. The Labute approximate surface area is 282 Å². The first-order valence-electron chi connectivity index (χ1n) is 16.3. The number of piperazine rings is 1. The smallest absolute Gasteiger partial charge is 0.355 e. The zero-order chi connectivity index (χ0) is 34.7. The predicted octanol–water partition coefficient (Wildman–Crippen LogP) is 5.05. The van der Waals surface area contributed by atoms with Crippen molar-refractivity contribution >= 4 is 28.4 Å². The zero-order valence-electron chi connectivity index (χ0n) is 28.1. The number of amides is 1. The summed E-state index contributed by atoms with van der Waals surface area (Å²) in [6, 6.07) is 11.1. The van der Waals surface area contributed by atoms with Crippen molar-refractivity contribution in [2.45, 2.75) is 58.8 Å². The van der Waals surface area contributed by atoms with Gasteiger partial charge in [0.15, 0.2) is 5.65 Å². The highest BCUT2D eigenvalue weighted by Crippen LogP contribution is 2.38. The van der Waals surface area contributed by atoms with Crippen LogP contribution in [0.3, 0.4) is 0 Å². The molecule has 2 atom stereocenters. The summed E-state index contributed by atoms with van der Waals surface area (Å²) < 4.78 is 35.4. The van der Waals surface area contributed by atoms with Gasteiger partial charge in [0, 0.05) is 37.8 Å². The Kier molecular flexibility index (Phi) is 8.00. The van der Waals surface area contributed by atoms with E-state index in [0.29, 0.717) is 42.3 Å². The van der Waals surface area contributed by atoms with Crippen LogP contribution in [-0.4, -0.2) is 72.6 Å². The van der Waals surface area contributed by atoms with E-state index in [9.17, 15) is 9.59 Å². The van der Waals surface area contributed by atoms with Crippen LogP contribution in [-0.2, 0) is 17.9 Å². The standard InChI is InChI=1S/C36H37F2N9O2/c1-7-30(48)45-15-22(5)46(16-21(45)4)34-26-14-28(38)32-31-23(10-8-12-27(31)37)17-44-19-24(41-42-44)18-43(6)29-13-9-11-25(20(2)3)33(29)47(35(26)39-32)36(49)40-34/h7-14,19-22H,1,15-18H2,2-6H3/t21-,22+/m1/s1. The van der Waals surface area contributed by atoms with Crippen molar-refractivity contribution in [1.82, 2.24) is 34.4 Å². The molecule has 13 heteroatoms. The highest BCUT2D eigenvalue weighted by molar-refractivity contribution is 5.92. The van der Waals surface area contributed by atoms with Crippen LogP contribution in [0.15, 0.2) is 66.1 Å². The number of carbonyl (C=O) groups is 1. The number of aromatic nitrogens is 6. The predicted molar refractivity (Wildman–Crippen MR) is 184 cm³/mol. The Morgan fingerprint density at radius 3 is 2.55 bits per heavy atom. The van der Waals surface area contributed by atoms with Gasteiger partial charge >= 0.3 is 5.69 Å². The van der Waals surface area contributed by atoms with Crippen LogP contribution in [0.1, 0.15) is 50.4 Å². The summed E-state index contributed by atoms with van der Waals surface area (Å²) >= 11 is 0. The second-order valence-corrected chi connectivity index (χ2v) is 13.2. The number of hydrogen-bond donors (Lipinski definition) is 0. The lowest BCUT2D eigenvalue weighted by molar-refractivity contribution is -0.128. The third kappa shape index (κ3) is 5.42. The minimum Gasteiger partial charge on any atom is -0.367 e. The summed E-state index contributed by atoms with van der Waals surface area (Å²) in [4.78, 5) is 42.2. The maximum absolute atomic E-state index is 16.6. The zero-order valence-corrected chi connectivity index (χ0v) is 28.1. The van der Waals surface area contributed by atoms with E-state index in [1.165, 1.54) is 22.8 Å². The van der Waals surface area contributed by atoms with Crippen LogP contribution in [0.2, 0.25) is 0 Å². The number of hydrogen-bond acceptors (Lipinski definition) is 8. The van der Waals surface area contributed by atoms with Gasteiger partial charge < -0.3 is 14.7 Å². The van der Waals surface area contributed by atoms with Gasteiger partial charge in [0.2, 0.25) is 5.91 Å². The first kappa shape index (κ1) is 32.1. The lowest BCUT2D eigenvalue weighted by Crippen LogP contribution is -2.58. The number of para-hydroxylation sites is 1. The first-order valence-corrected chi connectivity index (χ1v) is 16.3. The Hall–Kier alpha value is -5.46. The number of carbonyl (C=O) groups excluding carboxylic acids is 1. The third-order valence-electron chi connectivity index (χ3n) is 9.47. The van der Waals surface area contributed by atoms with Gasteiger partial charge in [-0.3, -0.25) is 4.79 Å². The molecular formula is C36H37F2N9O2. The van der Waals surface area contributed by atoms with Crippen LogP contribution in [0.5, 0.6) is 0 Å². The van der Waals surface area contributed by atoms with Crippen molar-refractivity contribution in [3.63, 3.8) is 0 Å². The number of halogens is 2. The monoisotopic (exact) mass is 665 g/mol. The minimum atomic E-state index is -0.769. The number of fused-ring (bicyclic) bond motifs is 7. The van der Waals surface area contributed by atoms with Crippen molar-refractivity contribution in [3.8, 4) is 16.9 Å². The van der Waals surface area contributed by atoms with E-state index in [0.717, 1.165) is 5.56 Å². The number of pyridine rings is 1. The quantitative estimate of drug-likeness (QED) is 0.247. The Bertz CT molecular complexity index is 2190. The molecule has 1 fully saturated rings. The lowest BCUT2D eigenvalue weighted by Gasteiger charge is -2.44. The third-order valence-corrected chi connectivity index (χ3v) is 9.47. The largest absolute Gasteiger partial charge is 0.367 e. The molecule has 0 unspecified atom stereocenters. The van der Waals surface area contributed by atoms with Crippen LogP contribution in [0.25, 0.3) is 28.0 Å². The van der Waals surface area contributed by atoms with Gasteiger partial charge in [-0.25, -0.2) is 27.8 Å². The summed E-state index contributed by atoms with van der Waals surface area (Å²) in [6.07, 6.45) is 3.06. The van der Waals surface area contributed by atoms with Crippen molar-refractivity contribution in [2.75, 3.05) is 29.9 Å². The molecule has 2 aliphatic heterocycles. The first-order chi connectivity index (χ1) is 23.5. The topological polar surface area (TPSA) is 105 Å². The molecule has 0 radical (unpaired) electrons. The summed E-state index contributed by atoms with van der Waals surface area (Å²) in [5.74, 6) is -1.40. The number of benzene rings is 2. The molecule has 11 nitrogen and oxygen atoms in total. The van der Waals surface area contributed by atoms with Crippen LogP contribution < -0.4 is 15.5 Å². The summed E-state index contributed by atoms with van der Waals surface area (Å²) in [5, 5.41) is 8.92. The second-order valence-electron chi connectivity index (χ2n) is 13.2. The maximum Gasteiger partial charge on any atom is 0.355 e. The van der Waals surface area contributed by atoms with Crippen LogP contribution in [0.4, 0.5) is 20.3 Å². The van der Waals surface area contributed by atoms with E-state index >= 15 is 8.78 Å². The van der Waals surface area contributed by atoms with Gasteiger partial charge in [-0.2, -0.15) is 4.98 Å². The van der Waals surface area contributed by atoms with Gasteiger partial charge in [0.1, 0.15) is 28.8 Å². The van der Waals surface area contributed by atoms with Gasteiger partial charge in [0.25, 0.3) is 0 Å². The molecule has 5 heterocycles. The Morgan fingerprint density at radius 1 is 1.02 bits per heavy atom. The SMILES string of the molecule is C=CC(=O)N1C[C@H](C)N(c2nc(=O)n3c4nc(c(F)cc24)-c2c(F)cccc2Cn2cc(nn2)CN(C)c2cccc(C(C)C)c2-3)C[C@H]1C. The normalized spacial score (nSPS) is 17.7. The van der Waals surface area contributed by atoms with Gasteiger partial charge in [-0.15, -0.1) is 5.10 Å². The number of nitrogens with zero attached hydrogens (tertiary/aromatic N) is 9. The second kappa shape index (κ2) is 12.2. The van der Waals surface area contributed by atoms with Crippen LogP contribution in [0, 0.1) is 11.6 Å².